The van der Waals surface area contributed by atoms with Crippen molar-refractivity contribution in [3.8, 4) is 0 Å². The first-order valence-corrected chi connectivity index (χ1v) is 7.88. The Labute approximate surface area is 127 Å². The van der Waals surface area contributed by atoms with Crippen LogP contribution in [0.5, 0.6) is 0 Å². The maximum atomic E-state index is 11.7. The predicted octanol–water partition coefficient (Wildman–Crippen LogP) is 2.69. The molecule has 0 bridgehead atoms. The first-order valence-electron chi connectivity index (χ1n) is 7.88. The van der Waals surface area contributed by atoms with Crippen LogP contribution in [0.25, 0.3) is 0 Å². The fraction of sp³-hybridized carbons (Fsp3) is 0.500. The molecular weight excluding hydrogens is 260 g/mol. The van der Waals surface area contributed by atoms with Gasteiger partial charge in [-0.2, -0.15) is 0 Å². The van der Waals surface area contributed by atoms with Gasteiger partial charge in [0, 0.05) is 19.6 Å². The van der Waals surface area contributed by atoms with Crippen molar-refractivity contribution in [2.45, 2.75) is 25.8 Å². The summed E-state index contributed by atoms with van der Waals surface area (Å²) in [7, 11) is 0. The Kier molecular flexibility index (Phi) is 4.11. The molecule has 1 amide bonds. The van der Waals surface area contributed by atoms with Crippen LogP contribution in [0.4, 0.5) is 0 Å². The van der Waals surface area contributed by atoms with Gasteiger partial charge in [-0.1, -0.05) is 36.9 Å². The number of piperidine rings is 1. The van der Waals surface area contributed by atoms with Crippen molar-refractivity contribution in [3.05, 3.63) is 48.6 Å². The van der Waals surface area contributed by atoms with Crippen LogP contribution >= 0.6 is 0 Å². The summed E-state index contributed by atoms with van der Waals surface area (Å²) in [6.45, 7) is 8.77. The van der Waals surface area contributed by atoms with Gasteiger partial charge < -0.3 is 4.90 Å². The van der Waals surface area contributed by atoms with Crippen LogP contribution < -0.4 is 0 Å². The van der Waals surface area contributed by atoms with Crippen molar-refractivity contribution in [2.75, 3.05) is 26.2 Å². The second-order valence-electron chi connectivity index (χ2n) is 6.48. The number of likely N-dealkylation sites (tertiary alicyclic amines) is 2. The lowest BCUT2D eigenvalue weighted by Crippen LogP contribution is -2.41. The summed E-state index contributed by atoms with van der Waals surface area (Å²) >= 11 is 0. The van der Waals surface area contributed by atoms with Crippen LogP contribution in [0.1, 0.15) is 24.8 Å². The van der Waals surface area contributed by atoms with Crippen molar-refractivity contribution in [2.24, 2.45) is 5.41 Å². The smallest absolute Gasteiger partial charge is 0.245 e. The van der Waals surface area contributed by atoms with E-state index in [4.69, 9.17) is 0 Å². The fourth-order valence-corrected chi connectivity index (χ4v) is 3.69. The van der Waals surface area contributed by atoms with E-state index >= 15 is 0 Å². The van der Waals surface area contributed by atoms with Gasteiger partial charge in [0.2, 0.25) is 5.91 Å². The van der Waals surface area contributed by atoms with Gasteiger partial charge >= 0.3 is 0 Å². The molecule has 0 unspecified atom stereocenters. The number of benzene rings is 1. The van der Waals surface area contributed by atoms with E-state index in [1.54, 1.807) is 0 Å². The second kappa shape index (κ2) is 6.02. The molecular formula is C18H24N2O. The van der Waals surface area contributed by atoms with Crippen LogP contribution in [-0.2, 0) is 11.3 Å². The topological polar surface area (TPSA) is 23.6 Å². The Morgan fingerprint density at radius 1 is 1.14 bits per heavy atom. The summed E-state index contributed by atoms with van der Waals surface area (Å²) in [4.78, 5) is 16.3. The molecule has 0 aromatic heterocycles. The Balaban J connectivity index is 1.54. The van der Waals surface area contributed by atoms with E-state index < -0.39 is 0 Å². The van der Waals surface area contributed by atoms with Gasteiger partial charge in [-0.25, -0.2) is 0 Å². The second-order valence-corrected chi connectivity index (χ2v) is 6.48. The van der Waals surface area contributed by atoms with E-state index in [0.717, 1.165) is 39.1 Å². The molecule has 21 heavy (non-hydrogen) atoms. The van der Waals surface area contributed by atoms with E-state index in [2.05, 4.69) is 41.8 Å². The summed E-state index contributed by atoms with van der Waals surface area (Å²) in [6.07, 6.45) is 5.02. The molecule has 0 N–H and O–H groups in total. The molecule has 0 atom stereocenters. The standard InChI is InChI=1S/C18H24N2O/c1-2-17(21)20-13-10-18(15-20)8-11-19(12-9-18)14-16-6-4-3-5-7-16/h2-7H,1,8-15H2. The molecule has 2 fully saturated rings. The third kappa shape index (κ3) is 3.18. The summed E-state index contributed by atoms with van der Waals surface area (Å²) in [6, 6.07) is 10.7. The number of hydrogen-bond donors (Lipinski definition) is 0. The van der Waals surface area contributed by atoms with Crippen molar-refractivity contribution < 1.29 is 4.79 Å². The van der Waals surface area contributed by atoms with Crippen LogP contribution in [0.15, 0.2) is 43.0 Å². The predicted molar refractivity (Wildman–Crippen MR) is 84.8 cm³/mol. The van der Waals surface area contributed by atoms with E-state index in [1.807, 2.05) is 4.90 Å². The van der Waals surface area contributed by atoms with Gasteiger partial charge in [-0.05, 0) is 49.4 Å². The van der Waals surface area contributed by atoms with Crippen molar-refractivity contribution in [1.82, 2.24) is 9.80 Å². The van der Waals surface area contributed by atoms with E-state index in [1.165, 1.54) is 24.5 Å². The SMILES string of the molecule is C=CC(=O)N1CCC2(CCN(Cc3ccccc3)CC2)C1. The molecule has 112 valence electrons. The third-order valence-corrected chi connectivity index (χ3v) is 5.09. The van der Waals surface area contributed by atoms with Gasteiger partial charge in [0.05, 0.1) is 0 Å². The van der Waals surface area contributed by atoms with Crippen molar-refractivity contribution >= 4 is 5.91 Å². The minimum Gasteiger partial charge on any atom is -0.339 e. The van der Waals surface area contributed by atoms with Crippen LogP contribution in [0.2, 0.25) is 0 Å². The maximum absolute atomic E-state index is 11.7. The van der Waals surface area contributed by atoms with Gasteiger partial charge in [-0.15, -0.1) is 0 Å². The lowest BCUT2D eigenvalue weighted by atomic mass is 9.77. The largest absolute Gasteiger partial charge is 0.339 e. The van der Waals surface area contributed by atoms with Gasteiger partial charge in [0.15, 0.2) is 0 Å². The molecule has 1 aromatic carbocycles. The van der Waals surface area contributed by atoms with Gasteiger partial charge in [0.1, 0.15) is 0 Å². The normalized spacial score (nSPS) is 21.6. The van der Waals surface area contributed by atoms with Crippen molar-refractivity contribution in [3.63, 3.8) is 0 Å². The van der Waals surface area contributed by atoms with E-state index in [-0.39, 0.29) is 5.91 Å². The van der Waals surface area contributed by atoms with Crippen LogP contribution in [0, 0.1) is 5.41 Å². The number of hydrogen-bond acceptors (Lipinski definition) is 2. The monoisotopic (exact) mass is 284 g/mol. The Hall–Kier alpha value is -1.61. The molecule has 2 aliphatic rings. The average molecular weight is 284 g/mol. The Morgan fingerprint density at radius 3 is 2.48 bits per heavy atom. The number of nitrogens with zero attached hydrogens (tertiary/aromatic N) is 2. The molecule has 1 spiro atoms. The summed E-state index contributed by atoms with van der Waals surface area (Å²) in [5.74, 6) is 0.0959. The lowest BCUT2D eigenvalue weighted by molar-refractivity contribution is -0.125. The summed E-state index contributed by atoms with van der Waals surface area (Å²) in [5, 5.41) is 0. The molecule has 2 saturated heterocycles. The summed E-state index contributed by atoms with van der Waals surface area (Å²) < 4.78 is 0. The maximum Gasteiger partial charge on any atom is 0.245 e. The van der Waals surface area contributed by atoms with E-state index in [9.17, 15) is 4.79 Å². The lowest BCUT2D eigenvalue weighted by Gasteiger charge is -2.39. The van der Waals surface area contributed by atoms with Crippen LogP contribution in [0.3, 0.4) is 0 Å². The highest BCUT2D eigenvalue weighted by atomic mass is 16.2. The quantitative estimate of drug-likeness (QED) is 0.797. The van der Waals surface area contributed by atoms with Gasteiger partial charge in [-0.3, -0.25) is 9.69 Å². The molecule has 3 heteroatoms. The number of amides is 1. The molecule has 3 nitrogen and oxygen atoms in total. The first kappa shape index (κ1) is 14.3. The highest BCUT2D eigenvalue weighted by Gasteiger charge is 2.41. The zero-order valence-corrected chi connectivity index (χ0v) is 12.6. The molecule has 2 heterocycles. The fourth-order valence-electron chi connectivity index (χ4n) is 3.69. The minimum atomic E-state index is 0.0959. The average Bonchev–Trinajstić information content (AvgIpc) is 2.94. The van der Waals surface area contributed by atoms with Crippen molar-refractivity contribution in [1.29, 1.82) is 0 Å². The molecule has 0 saturated carbocycles. The van der Waals surface area contributed by atoms with E-state index in [0.29, 0.717) is 5.41 Å². The zero-order chi connectivity index (χ0) is 14.7. The van der Waals surface area contributed by atoms with Gasteiger partial charge in [0.25, 0.3) is 0 Å². The molecule has 0 aliphatic carbocycles. The Bertz CT molecular complexity index is 503. The Morgan fingerprint density at radius 2 is 1.81 bits per heavy atom. The highest BCUT2D eigenvalue weighted by Crippen LogP contribution is 2.40. The molecule has 0 radical (unpaired) electrons. The number of carbonyl (C=O) groups excluding carboxylic acids is 1. The zero-order valence-electron chi connectivity index (χ0n) is 12.6. The first-order chi connectivity index (χ1) is 10.2. The minimum absolute atomic E-state index is 0.0959. The molecule has 2 aliphatic heterocycles. The molecule has 1 aromatic rings. The third-order valence-electron chi connectivity index (χ3n) is 5.09. The van der Waals surface area contributed by atoms with Crippen LogP contribution in [-0.4, -0.2) is 41.9 Å². The summed E-state index contributed by atoms with van der Waals surface area (Å²) in [5.41, 5.74) is 1.76. The number of rotatable bonds is 3. The highest BCUT2D eigenvalue weighted by molar-refractivity contribution is 5.87. The number of carbonyl (C=O) groups is 1. The molecule has 3 rings (SSSR count).